The molecule has 128 valence electrons. The van der Waals surface area contributed by atoms with Crippen LogP contribution in [0.15, 0.2) is 12.2 Å². The summed E-state index contributed by atoms with van der Waals surface area (Å²) < 4.78 is 10.9. The van der Waals surface area contributed by atoms with Crippen molar-refractivity contribution >= 4 is 11.9 Å². The minimum atomic E-state index is -0.495. The second kappa shape index (κ2) is 6.27. The topological polar surface area (TPSA) is 64.6 Å². The van der Waals surface area contributed by atoms with Gasteiger partial charge in [0.05, 0.1) is 18.9 Å². The van der Waals surface area contributed by atoms with Gasteiger partial charge in [-0.15, -0.1) is 0 Å². The first kappa shape index (κ1) is 16.5. The highest BCUT2D eigenvalue weighted by Crippen LogP contribution is 2.49. The molecular formula is C18H27NO4. The zero-order valence-corrected chi connectivity index (χ0v) is 14.2. The lowest BCUT2D eigenvalue weighted by Crippen LogP contribution is -2.45. The maximum atomic E-state index is 12.8. The first-order valence-corrected chi connectivity index (χ1v) is 8.63. The van der Waals surface area contributed by atoms with Gasteiger partial charge in [0.1, 0.15) is 5.60 Å². The number of carbonyl (C=O) groups is 2. The molecule has 1 heterocycles. The average Bonchev–Trinajstić information content (AvgIpc) is 3.15. The maximum Gasteiger partial charge on any atom is 0.310 e. The summed E-state index contributed by atoms with van der Waals surface area (Å²) in [5.41, 5.74) is -0.495. The highest BCUT2D eigenvalue weighted by molar-refractivity contribution is 5.84. The molecule has 1 saturated carbocycles. The molecule has 0 amide bonds. The molecule has 2 bridgehead atoms. The van der Waals surface area contributed by atoms with Gasteiger partial charge in [-0.05, 0) is 58.0 Å². The number of nitrogens with one attached hydrogen (secondary N) is 1. The minimum absolute atomic E-state index is 0.112. The molecule has 0 aromatic heterocycles. The zero-order valence-electron chi connectivity index (χ0n) is 14.2. The van der Waals surface area contributed by atoms with E-state index in [-0.39, 0.29) is 29.7 Å². The van der Waals surface area contributed by atoms with Crippen LogP contribution in [0.25, 0.3) is 0 Å². The summed E-state index contributed by atoms with van der Waals surface area (Å²) in [5, 5.41) is 3.34. The Morgan fingerprint density at radius 2 is 1.61 bits per heavy atom. The van der Waals surface area contributed by atoms with E-state index in [1.54, 1.807) is 0 Å². The SMILES string of the molecule is COC(=O)C1C2C=CC(C2)C1C(=O)OC(C)(C)C1CCNCC1. The van der Waals surface area contributed by atoms with Gasteiger partial charge in [-0.1, -0.05) is 12.2 Å². The third-order valence-electron chi connectivity index (χ3n) is 5.89. The number of carbonyl (C=O) groups excluding carboxylic acids is 2. The van der Waals surface area contributed by atoms with Gasteiger partial charge in [-0.25, -0.2) is 0 Å². The fraction of sp³-hybridized carbons (Fsp3) is 0.778. The van der Waals surface area contributed by atoms with Crippen molar-refractivity contribution in [3.63, 3.8) is 0 Å². The van der Waals surface area contributed by atoms with Gasteiger partial charge >= 0.3 is 11.9 Å². The van der Waals surface area contributed by atoms with E-state index in [1.165, 1.54) is 7.11 Å². The molecule has 5 heteroatoms. The van der Waals surface area contributed by atoms with Crippen molar-refractivity contribution in [2.45, 2.75) is 38.7 Å². The Balaban J connectivity index is 1.71. The summed E-state index contributed by atoms with van der Waals surface area (Å²) in [7, 11) is 1.39. The average molecular weight is 321 g/mol. The Hall–Kier alpha value is -1.36. The molecule has 2 aliphatic carbocycles. The van der Waals surface area contributed by atoms with Crippen LogP contribution < -0.4 is 5.32 Å². The van der Waals surface area contributed by atoms with Crippen molar-refractivity contribution in [2.24, 2.45) is 29.6 Å². The molecule has 3 aliphatic rings. The lowest BCUT2D eigenvalue weighted by atomic mass is 9.81. The van der Waals surface area contributed by atoms with Gasteiger partial charge in [0.25, 0.3) is 0 Å². The van der Waals surface area contributed by atoms with E-state index >= 15 is 0 Å². The largest absolute Gasteiger partial charge is 0.469 e. The molecule has 1 N–H and O–H groups in total. The van der Waals surface area contributed by atoms with Crippen LogP contribution in [0.1, 0.15) is 33.1 Å². The van der Waals surface area contributed by atoms with Crippen LogP contribution in [0.2, 0.25) is 0 Å². The molecule has 23 heavy (non-hydrogen) atoms. The van der Waals surface area contributed by atoms with E-state index in [4.69, 9.17) is 9.47 Å². The molecule has 2 fully saturated rings. The van der Waals surface area contributed by atoms with Gasteiger partial charge < -0.3 is 14.8 Å². The van der Waals surface area contributed by atoms with E-state index in [1.807, 2.05) is 19.9 Å². The summed E-state index contributed by atoms with van der Waals surface area (Å²) >= 11 is 0. The third-order valence-corrected chi connectivity index (χ3v) is 5.89. The van der Waals surface area contributed by atoms with Crippen LogP contribution in [-0.4, -0.2) is 37.7 Å². The number of methoxy groups -OCH3 is 1. The number of rotatable bonds is 4. The van der Waals surface area contributed by atoms with E-state index in [9.17, 15) is 9.59 Å². The van der Waals surface area contributed by atoms with Crippen LogP contribution in [0, 0.1) is 29.6 Å². The molecule has 0 spiro atoms. The van der Waals surface area contributed by atoms with Crippen molar-refractivity contribution in [1.29, 1.82) is 0 Å². The van der Waals surface area contributed by atoms with Crippen molar-refractivity contribution in [2.75, 3.05) is 20.2 Å². The van der Waals surface area contributed by atoms with E-state index in [0.29, 0.717) is 5.92 Å². The van der Waals surface area contributed by atoms with Crippen LogP contribution in [-0.2, 0) is 19.1 Å². The maximum absolute atomic E-state index is 12.8. The predicted molar refractivity (Wildman–Crippen MR) is 85.5 cm³/mol. The zero-order chi connectivity index (χ0) is 16.6. The number of ether oxygens (including phenoxy) is 2. The van der Waals surface area contributed by atoms with Crippen LogP contribution in [0.3, 0.4) is 0 Å². The highest BCUT2D eigenvalue weighted by atomic mass is 16.6. The lowest BCUT2D eigenvalue weighted by Gasteiger charge is -2.38. The Morgan fingerprint density at radius 1 is 1.04 bits per heavy atom. The molecule has 4 atom stereocenters. The Kier molecular flexibility index (Phi) is 4.50. The lowest BCUT2D eigenvalue weighted by molar-refractivity contribution is -0.174. The van der Waals surface area contributed by atoms with E-state index in [0.717, 1.165) is 32.4 Å². The first-order chi connectivity index (χ1) is 10.9. The standard InChI is InChI=1S/C18H27NO4/c1-18(2,13-6-8-19-9-7-13)23-17(21)15-12-5-4-11(10-12)14(15)16(20)22-3/h4-5,11-15,19H,6-10H2,1-3H3. The number of esters is 2. The van der Waals surface area contributed by atoms with Gasteiger partial charge in [0.15, 0.2) is 0 Å². The summed E-state index contributed by atoms with van der Waals surface area (Å²) in [6.45, 7) is 5.93. The normalized spacial score (nSPS) is 33.7. The van der Waals surface area contributed by atoms with Crippen molar-refractivity contribution in [1.82, 2.24) is 5.32 Å². The number of allylic oxidation sites excluding steroid dienone is 2. The highest BCUT2D eigenvalue weighted by Gasteiger charge is 2.53. The summed E-state index contributed by atoms with van der Waals surface area (Å²) in [6, 6.07) is 0. The van der Waals surface area contributed by atoms with Crippen LogP contribution >= 0.6 is 0 Å². The molecule has 0 radical (unpaired) electrons. The molecular weight excluding hydrogens is 294 g/mol. The van der Waals surface area contributed by atoms with Gasteiger partial charge in [-0.2, -0.15) is 0 Å². The molecule has 1 aliphatic heterocycles. The summed E-state index contributed by atoms with van der Waals surface area (Å²) in [5.74, 6) is -0.708. The summed E-state index contributed by atoms with van der Waals surface area (Å²) in [6.07, 6.45) is 6.99. The Bertz CT molecular complexity index is 507. The molecule has 4 unspecified atom stereocenters. The van der Waals surface area contributed by atoms with Gasteiger partial charge in [0, 0.05) is 5.92 Å². The molecule has 1 saturated heterocycles. The van der Waals surface area contributed by atoms with Crippen molar-refractivity contribution in [3.05, 3.63) is 12.2 Å². The molecule has 0 aromatic rings. The summed E-state index contributed by atoms with van der Waals surface area (Å²) in [4.78, 5) is 25.0. The van der Waals surface area contributed by atoms with E-state index < -0.39 is 11.5 Å². The predicted octanol–water partition coefficient (Wildman–Crippen LogP) is 1.92. The monoisotopic (exact) mass is 321 g/mol. The van der Waals surface area contributed by atoms with E-state index in [2.05, 4.69) is 11.4 Å². The minimum Gasteiger partial charge on any atom is -0.469 e. The number of hydrogen-bond acceptors (Lipinski definition) is 5. The number of hydrogen-bond donors (Lipinski definition) is 1. The Morgan fingerprint density at radius 3 is 2.17 bits per heavy atom. The molecule has 5 nitrogen and oxygen atoms in total. The fourth-order valence-corrected chi connectivity index (χ4v) is 4.53. The van der Waals surface area contributed by atoms with Crippen molar-refractivity contribution < 1.29 is 19.1 Å². The van der Waals surface area contributed by atoms with Crippen LogP contribution in [0.5, 0.6) is 0 Å². The van der Waals surface area contributed by atoms with Crippen molar-refractivity contribution in [3.8, 4) is 0 Å². The molecule has 3 rings (SSSR count). The smallest absolute Gasteiger partial charge is 0.310 e. The third kappa shape index (κ3) is 3.03. The van der Waals surface area contributed by atoms with Gasteiger partial charge in [-0.3, -0.25) is 9.59 Å². The quantitative estimate of drug-likeness (QED) is 0.633. The van der Waals surface area contributed by atoms with Gasteiger partial charge in [0.2, 0.25) is 0 Å². The number of fused-ring (bicyclic) bond motifs is 2. The molecule has 0 aromatic carbocycles. The number of piperidine rings is 1. The van der Waals surface area contributed by atoms with Crippen LogP contribution in [0.4, 0.5) is 0 Å². The Labute approximate surface area is 137 Å². The fourth-order valence-electron chi connectivity index (χ4n) is 4.53. The second-order valence-corrected chi connectivity index (χ2v) is 7.57. The second-order valence-electron chi connectivity index (χ2n) is 7.57. The first-order valence-electron chi connectivity index (χ1n) is 8.63.